The molecule has 0 aliphatic carbocycles. The summed E-state index contributed by atoms with van der Waals surface area (Å²) < 4.78 is 0. The molecule has 144 valence electrons. The Balaban J connectivity index is 1.58. The minimum atomic E-state index is 0.283. The second-order valence-electron chi connectivity index (χ2n) is 7.51. The highest BCUT2D eigenvalue weighted by molar-refractivity contribution is 5.93. The fraction of sp³-hybridized carbons (Fsp3) is 0.458. The minimum absolute atomic E-state index is 0.283. The summed E-state index contributed by atoms with van der Waals surface area (Å²) in [5.41, 5.74) is 2.46. The van der Waals surface area contributed by atoms with Gasteiger partial charge in [-0.1, -0.05) is 61.9 Å². The average molecular weight is 365 g/mol. The molecular formula is C24H32N2O. The van der Waals surface area contributed by atoms with Crippen molar-refractivity contribution in [3.05, 3.63) is 66.2 Å². The monoisotopic (exact) mass is 364 g/mol. The Hall–Kier alpha value is -2.13. The van der Waals surface area contributed by atoms with Gasteiger partial charge in [-0.2, -0.15) is 0 Å². The second-order valence-corrected chi connectivity index (χ2v) is 7.51. The lowest BCUT2D eigenvalue weighted by Gasteiger charge is -2.38. The molecule has 0 N–H and O–H groups in total. The zero-order valence-corrected chi connectivity index (χ0v) is 16.5. The third-order valence-electron chi connectivity index (χ3n) is 5.53. The minimum Gasteiger partial charge on any atom is -0.309 e. The molecule has 2 aromatic rings. The van der Waals surface area contributed by atoms with Gasteiger partial charge in [0, 0.05) is 37.8 Å². The van der Waals surface area contributed by atoms with Gasteiger partial charge >= 0.3 is 0 Å². The summed E-state index contributed by atoms with van der Waals surface area (Å²) in [6.45, 7) is 5.39. The summed E-state index contributed by atoms with van der Waals surface area (Å²) in [5, 5.41) is 0. The fourth-order valence-electron chi connectivity index (χ4n) is 3.93. The first-order valence-corrected chi connectivity index (χ1v) is 10.4. The van der Waals surface area contributed by atoms with E-state index < -0.39 is 0 Å². The first kappa shape index (κ1) is 19.6. The van der Waals surface area contributed by atoms with Gasteiger partial charge in [-0.05, 0) is 43.4 Å². The molecule has 0 spiro atoms. The molecule has 1 aliphatic heterocycles. The van der Waals surface area contributed by atoms with Gasteiger partial charge in [0.2, 0.25) is 5.91 Å². The Kier molecular flexibility index (Phi) is 7.46. The van der Waals surface area contributed by atoms with Crippen molar-refractivity contribution < 1.29 is 4.79 Å². The van der Waals surface area contributed by atoms with Gasteiger partial charge in [-0.25, -0.2) is 0 Å². The molecule has 1 aliphatic rings. The Morgan fingerprint density at radius 1 is 1.00 bits per heavy atom. The summed E-state index contributed by atoms with van der Waals surface area (Å²) in [6, 6.07) is 21.3. The van der Waals surface area contributed by atoms with E-state index in [1.54, 1.807) is 0 Å². The maximum atomic E-state index is 12.9. The molecule has 2 aromatic carbocycles. The van der Waals surface area contributed by atoms with Crippen LogP contribution in [0.1, 0.15) is 44.6 Å². The molecule has 1 saturated heterocycles. The van der Waals surface area contributed by atoms with Gasteiger partial charge in [0.25, 0.3) is 0 Å². The Bertz CT molecular complexity index is 678. The number of hydrogen-bond acceptors (Lipinski definition) is 2. The van der Waals surface area contributed by atoms with E-state index in [1.807, 2.05) is 18.2 Å². The number of anilines is 1. The van der Waals surface area contributed by atoms with E-state index in [0.29, 0.717) is 12.5 Å². The van der Waals surface area contributed by atoms with E-state index in [0.717, 1.165) is 57.4 Å². The molecule has 0 aromatic heterocycles. The van der Waals surface area contributed by atoms with Crippen LogP contribution in [-0.4, -0.2) is 36.5 Å². The third kappa shape index (κ3) is 5.67. The van der Waals surface area contributed by atoms with Gasteiger partial charge in [-0.3, -0.25) is 4.79 Å². The van der Waals surface area contributed by atoms with E-state index in [1.165, 1.54) is 5.56 Å². The highest BCUT2D eigenvalue weighted by Crippen LogP contribution is 2.25. The fourth-order valence-corrected chi connectivity index (χ4v) is 3.93. The lowest BCUT2D eigenvalue weighted by atomic mass is 10.0. The lowest BCUT2D eigenvalue weighted by molar-refractivity contribution is -0.119. The summed E-state index contributed by atoms with van der Waals surface area (Å²) in [5.74, 6) is 0.283. The van der Waals surface area contributed by atoms with Gasteiger partial charge in [0.15, 0.2) is 0 Å². The molecular weight excluding hydrogens is 332 g/mol. The normalized spacial score (nSPS) is 15.6. The SMILES string of the molecule is CCCCC(=O)N(c1ccccc1)C1CCN(CCc2ccccc2)CC1. The van der Waals surface area contributed by atoms with E-state index in [2.05, 4.69) is 59.2 Å². The highest BCUT2D eigenvalue weighted by atomic mass is 16.2. The van der Waals surface area contributed by atoms with Crippen LogP contribution in [0, 0.1) is 0 Å². The molecule has 3 heteroatoms. The van der Waals surface area contributed by atoms with Crippen LogP contribution < -0.4 is 4.90 Å². The predicted molar refractivity (Wildman–Crippen MR) is 113 cm³/mol. The maximum Gasteiger partial charge on any atom is 0.227 e. The van der Waals surface area contributed by atoms with Crippen LogP contribution in [-0.2, 0) is 11.2 Å². The number of benzene rings is 2. The van der Waals surface area contributed by atoms with Crippen LogP contribution in [0.3, 0.4) is 0 Å². The van der Waals surface area contributed by atoms with Crippen molar-refractivity contribution in [1.29, 1.82) is 0 Å². The van der Waals surface area contributed by atoms with Crippen molar-refractivity contribution in [3.8, 4) is 0 Å². The molecule has 0 bridgehead atoms. The number of piperidine rings is 1. The molecule has 1 amide bonds. The topological polar surface area (TPSA) is 23.6 Å². The van der Waals surface area contributed by atoms with Crippen molar-refractivity contribution in [1.82, 2.24) is 4.90 Å². The van der Waals surface area contributed by atoms with Crippen molar-refractivity contribution in [2.75, 3.05) is 24.5 Å². The number of carbonyl (C=O) groups is 1. The summed E-state index contributed by atoms with van der Waals surface area (Å²) in [7, 11) is 0. The number of amides is 1. The smallest absolute Gasteiger partial charge is 0.227 e. The zero-order chi connectivity index (χ0) is 18.9. The number of hydrogen-bond donors (Lipinski definition) is 0. The Morgan fingerprint density at radius 2 is 1.63 bits per heavy atom. The Labute approximate surface area is 164 Å². The molecule has 27 heavy (non-hydrogen) atoms. The van der Waals surface area contributed by atoms with E-state index in [4.69, 9.17) is 0 Å². The maximum absolute atomic E-state index is 12.9. The summed E-state index contributed by atoms with van der Waals surface area (Å²) in [6.07, 6.45) is 5.90. The van der Waals surface area contributed by atoms with Crippen LogP contribution in [0.15, 0.2) is 60.7 Å². The van der Waals surface area contributed by atoms with Crippen LogP contribution >= 0.6 is 0 Å². The van der Waals surface area contributed by atoms with E-state index in [-0.39, 0.29) is 5.91 Å². The van der Waals surface area contributed by atoms with E-state index in [9.17, 15) is 4.79 Å². The number of unbranched alkanes of at least 4 members (excludes halogenated alkanes) is 1. The van der Waals surface area contributed by atoms with E-state index >= 15 is 0 Å². The molecule has 3 rings (SSSR count). The number of para-hydroxylation sites is 1. The second kappa shape index (κ2) is 10.3. The van der Waals surface area contributed by atoms with Crippen LogP contribution in [0.4, 0.5) is 5.69 Å². The quantitative estimate of drug-likeness (QED) is 0.664. The van der Waals surface area contributed by atoms with Crippen molar-refractivity contribution in [2.24, 2.45) is 0 Å². The summed E-state index contributed by atoms with van der Waals surface area (Å²) in [4.78, 5) is 17.5. The van der Waals surface area contributed by atoms with Gasteiger partial charge in [0.05, 0.1) is 0 Å². The van der Waals surface area contributed by atoms with Gasteiger partial charge in [-0.15, -0.1) is 0 Å². The largest absolute Gasteiger partial charge is 0.309 e. The van der Waals surface area contributed by atoms with Crippen molar-refractivity contribution in [3.63, 3.8) is 0 Å². The predicted octanol–water partition coefficient (Wildman–Crippen LogP) is 4.92. The van der Waals surface area contributed by atoms with Gasteiger partial charge < -0.3 is 9.80 Å². The molecule has 1 heterocycles. The Morgan fingerprint density at radius 3 is 2.26 bits per heavy atom. The molecule has 0 unspecified atom stereocenters. The lowest BCUT2D eigenvalue weighted by Crippen LogP contribution is -2.48. The van der Waals surface area contributed by atoms with Crippen molar-refractivity contribution >= 4 is 11.6 Å². The van der Waals surface area contributed by atoms with Crippen LogP contribution in [0.5, 0.6) is 0 Å². The van der Waals surface area contributed by atoms with Crippen molar-refractivity contribution in [2.45, 2.75) is 51.5 Å². The third-order valence-corrected chi connectivity index (χ3v) is 5.53. The number of carbonyl (C=O) groups excluding carboxylic acids is 1. The first-order valence-electron chi connectivity index (χ1n) is 10.4. The summed E-state index contributed by atoms with van der Waals surface area (Å²) >= 11 is 0. The number of likely N-dealkylation sites (tertiary alicyclic amines) is 1. The standard InChI is InChI=1S/C24H32N2O/c1-2-3-14-24(27)26(22-12-8-5-9-13-22)23-16-19-25(20-17-23)18-15-21-10-6-4-7-11-21/h4-13,23H,2-3,14-20H2,1H3. The van der Waals surface area contributed by atoms with Gasteiger partial charge in [0.1, 0.15) is 0 Å². The molecule has 0 atom stereocenters. The first-order chi connectivity index (χ1) is 13.3. The number of nitrogens with zero attached hydrogens (tertiary/aromatic N) is 2. The molecule has 0 radical (unpaired) electrons. The molecule has 0 saturated carbocycles. The zero-order valence-electron chi connectivity index (χ0n) is 16.5. The number of rotatable bonds is 8. The highest BCUT2D eigenvalue weighted by Gasteiger charge is 2.28. The average Bonchev–Trinajstić information content (AvgIpc) is 2.73. The molecule has 1 fully saturated rings. The van der Waals surface area contributed by atoms with Crippen LogP contribution in [0.25, 0.3) is 0 Å². The molecule has 3 nitrogen and oxygen atoms in total. The van der Waals surface area contributed by atoms with Crippen LogP contribution in [0.2, 0.25) is 0 Å².